The molecule has 0 aliphatic carbocycles. The summed E-state index contributed by atoms with van der Waals surface area (Å²) < 4.78 is 10.3. The van der Waals surface area contributed by atoms with E-state index in [0.29, 0.717) is 31.0 Å². The van der Waals surface area contributed by atoms with Gasteiger partial charge in [-0.15, -0.1) is 0 Å². The first-order valence-electron chi connectivity index (χ1n) is 7.49. The average Bonchev–Trinajstić information content (AvgIpc) is 3.03. The molecule has 1 unspecified atom stereocenters. The summed E-state index contributed by atoms with van der Waals surface area (Å²) in [7, 11) is 1.61. The van der Waals surface area contributed by atoms with Crippen LogP contribution in [-0.2, 0) is 11.2 Å². The molecular weight excluding hydrogens is 298 g/mol. The lowest BCUT2D eigenvalue weighted by molar-refractivity contribution is -0.122. The van der Waals surface area contributed by atoms with Crippen molar-refractivity contribution in [3.8, 4) is 17.1 Å². The van der Waals surface area contributed by atoms with Gasteiger partial charge in [0, 0.05) is 24.4 Å². The van der Waals surface area contributed by atoms with Gasteiger partial charge >= 0.3 is 0 Å². The molecule has 1 amide bonds. The molecule has 1 atom stereocenters. The number of aromatic nitrogens is 2. The molecule has 2 aromatic rings. The molecule has 0 saturated carbocycles. The van der Waals surface area contributed by atoms with E-state index in [9.17, 15) is 4.79 Å². The number of ether oxygens (including phenoxy) is 1. The Hall–Kier alpha value is -2.41. The van der Waals surface area contributed by atoms with Gasteiger partial charge in [0.25, 0.3) is 0 Å². The summed E-state index contributed by atoms with van der Waals surface area (Å²) in [6.45, 7) is 1.68. The summed E-state index contributed by atoms with van der Waals surface area (Å²) in [6, 6.07) is 7.15. The van der Waals surface area contributed by atoms with Crippen LogP contribution in [0.1, 0.15) is 25.7 Å². The molecule has 2 rings (SSSR count). The number of nitrogens with zero attached hydrogens (tertiary/aromatic N) is 2. The lowest BCUT2D eigenvalue weighted by Crippen LogP contribution is -2.34. The minimum atomic E-state index is -0.229. The first-order valence-corrected chi connectivity index (χ1v) is 7.49. The van der Waals surface area contributed by atoms with Gasteiger partial charge in [-0.1, -0.05) is 5.16 Å². The zero-order valence-corrected chi connectivity index (χ0v) is 13.3. The molecule has 0 bridgehead atoms. The van der Waals surface area contributed by atoms with E-state index in [4.69, 9.17) is 14.4 Å². The van der Waals surface area contributed by atoms with Crippen molar-refractivity contribution in [3.63, 3.8) is 0 Å². The molecule has 0 saturated heterocycles. The molecule has 1 aromatic carbocycles. The molecule has 0 aliphatic heterocycles. The fourth-order valence-electron chi connectivity index (χ4n) is 2.01. The van der Waals surface area contributed by atoms with Crippen molar-refractivity contribution < 1.29 is 19.2 Å². The predicted molar refractivity (Wildman–Crippen MR) is 83.9 cm³/mol. The van der Waals surface area contributed by atoms with Crippen LogP contribution in [0.5, 0.6) is 5.75 Å². The third-order valence-electron chi connectivity index (χ3n) is 3.29. The number of carbonyl (C=O) groups is 1. The fourth-order valence-corrected chi connectivity index (χ4v) is 2.01. The quantitative estimate of drug-likeness (QED) is 0.766. The molecule has 124 valence electrons. The van der Waals surface area contributed by atoms with Crippen LogP contribution in [0.4, 0.5) is 0 Å². The molecule has 1 heterocycles. The smallest absolute Gasteiger partial charge is 0.226 e. The molecule has 0 fully saturated rings. The maximum absolute atomic E-state index is 11.6. The van der Waals surface area contributed by atoms with Crippen LogP contribution < -0.4 is 10.1 Å². The van der Waals surface area contributed by atoms with Gasteiger partial charge < -0.3 is 19.7 Å². The molecule has 7 heteroatoms. The van der Waals surface area contributed by atoms with Crippen LogP contribution >= 0.6 is 0 Å². The van der Waals surface area contributed by atoms with Gasteiger partial charge in [-0.2, -0.15) is 4.98 Å². The molecule has 7 nitrogen and oxygen atoms in total. The number of hydrogen-bond acceptors (Lipinski definition) is 6. The lowest BCUT2D eigenvalue weighted by Gasteiger charge is -2.09. The predicted octanol–water partition coefficient (Wildman–Crippen LogP) is 1.56. The van der Waals surface area contributed by atoms with E-state index in [1.807, 2.05) is 24.3 Å². The zero-order valence-electron chi connectivity index (χ0n) is 13.3. The second kappa shape index (κ2) is 8.28. The van der Waals surface area contributed by atoms with Gasteiger partial charge in [-0.25, -0.2) is 0 Å². The third kappa shape index (κ3) is 5.07. The van der Waals surface area contributed by atoms with Gasteiger partial charge in [0.1, 0.15) is 5.75 Å². The Morgan fingerprint density at radius 3 is 2.78 bits per heavy atom. The first-order chi connectivity index (χ1) is 11.1. The molecule has 2 N–H and O–H groups in total. The third-order valence-corrected chi connectivity index (χ3v) is 3.29. The summed E-state index contributed by atoms with van der Waals surface area (Å²) in [5.74, 6) is 1.68. The Kier molecular flexibility index (Phi) is 6.10. The van der Waals surface area contributed by atoms with Gasteiger partial charge in [0.2, 0.25) is 17.6 Å². The Morgan fingerprint density at radius 1 is 1.39 bits per heavy atom. The number of aliphatic hydroxyl groups excluding tert-OH is 1. The molecular formula is C16H21N3O4. The van der Waals surface area contributed by atoms with E-state index >= 15 is 0 Å². The highest BCUT2D eigenvalue weighted by atomic mass is 16.5. The maximum atomic E-state index is 11.6. The Balaban J connectivity index is 1.83. The minimum absolute atomic E-state index is 0.0688. The molecule has 0 spiro atoms. The zero-order chi connectivity index (χ0) is 16.7. The Labute approximate surface area is 134 Å². The van der Waals surface area contributed by atoms with E-state index in [0.717, 1.165) is 11.3 Å². The van der Waals surface area contributed by atoms with Crippen LogP contribution in [0.3, 0.4) is 0 Å². The number of aliphatic hydroxyl groups is 1. The van der Waals surface area contributed by atoms with Crippen molar-refractivity contribution in [2.75, 3.05) is 13.7 Å². The summed E-state index contributed by atoms with van der Waals surface area (Å²) in [4.78, 5) is 15.9. The standard InChI is InChI=1S/C16H21N3O4/c1-11(10-20)17-14(21)4-3-5-15-18-16(19-23-15)12-6-8-13(22-2)9-7-12/h6-9,11,20H,3-5,10H2,1-2H3,(H,17,21). The van der Waals surface area contributed by atoms with Crippen molar-refractivity contribution in [3.05, 3.63) is 30.2 Å². The van der Waals surface area contributed by atoms with Crippen LogP contribution in [0.2, 0.25) is 0 Å². The molecule has 0 aliphatic rings. The van der Waals surface area contributed by atoms with Gasteiger partial charge in [0.15, 0.2) is 0 Å². The Bertz CT molecular complexity index is 625. The van der Waals surface area contributed by atoms with Crippen molar-refractivity contribution in [2.45, 2.75) is 32.2 Å². The number of aryl methyl sites for hydroxylation is 1. The van der Waals surface area contributed by atoms with Crippen LogP contribution in [-0.4, -0.2) is 40.9 Å². The van der Waals surface area contributed by atoms with Crippen molar-refractivity contribution >= 4 is 5.91 Å². The SMILES string of the molecule is COc1ccc(-c2noc(CCCC(=O)NC(C)CO)n2)cc1. The fraction of sp³-hybridized carbons (Fsp3) is 0.438. The van der Waals surface area contributed by atoms with Gasteiger partial charge in [-0.3, -0.25) is 4.79 Å². The lowest BCUT2D eigenvalue weighted by atomic mass is 10.2. The number of hydrogen-bond donors (Lipinski definition) is 2. The number of rotatable bonds is 8. The highest BCUT2D eigenvalue weighted by Gasteiger charge is 2.10. The molecule has 23 heavy (non-hydrogen) atoms. The van der Waals surface area contributed by atoms with E-state index in [1.165, 1.54) is 0 Å². The first kappa shape index (κ1) is 17.0. The normalized spacial score (nSPS) is 12.0. The second-order valence-electron chi connectivity index (χ2n) is 5.24. The average molecular weight is 319 g/mol. The van der Waals surface area contributed by atoms with Crippen molar-refractivity contribution in [2.24, 2.45) is 0 Å². The van der Waals surface area contributed by atoms with Crippen molar-refractivity contribution in [1.29, 1.82) is 0 Å². The largest absolute Gasteiger partial charge is 0.497 e. The monoisotopic (exact) mass is 319 g/mol. The highest BCUT2D eigenvalue weighted by molar-refractivity contribution is 5.76. The number of carbonyl (C=O) groups excluding carboxylic acids is 1. The number of methoxy groups -OCH3 is 1. The maximum Gasteiger partial charge on any atom is 0.226 e. The minimum Gasteiger partial charge on any atom is -0.497 e. The Morgan fingerprint density at radius 2 is 2.13 bits per heavy atom. The van der Waals surface area contributed by atoms with Gasteiger partial charge in [0.05, 0.1) is 13.7 Å². The van der Waals surface area contributed by atoms with Crippen molar-refractivity contribution in [1.82, 2.24) is 15.5 Å². The highest BCUT2D eigenvalue weighted by Crippen LogP contribution is 2.20. The molecule has 0 radical (unpaired) electrons. The van der Waals surface area contributed by atoms with E-state index in [1.54, 1.807) is 14.0 Å². The van der Waals surface area contributed by atoms with E-state index < -0.39 is 0 Å². The summed E-state index contributed by atoms with van der Waals surface area (Å²) in [6.07, 6.45) is 1.49. The van der Waals surface area contributed by atoms with Crippen LogP contribution in [0.15, 0.2) is 28.8 Å². The summed E-state index contributed by atoms with van der Waals surface area (Å²) in [5.41, 5.74) is 0.843. The topological polar surface area (TPSA) is 97.5 Å². The van der Waals surface area contributed by atoms with Gasteiger partial charge in [-0.05, 0) is 37.6 Å². The summed E-state index contributed by atoms with van der Waals surface area (Å²) in [5, 5.41) is 15.5. The second-order valence-corrected chi connectivity index (χ2v) is 5.24. The number of amides is 1. The molecule has 1 aromatic heterocycles. The summed E-state index contributed by atoms with van der Waals surface area (Å²) >= 11 is 0. The van der Waals surface area contributed by atoms with E-state index in [-0.39, 0.29) is 18.6 Å². The number of benzene rings is 1. The van der Waals surface area contributed by atoms with Crippen LogP contribution in [0.25, 0.3) is 11.4 Å². The van der Waals surface area contributed by atoms with Crippen LogP contribution in [0, 0.1) is 0 Å². The number of nitrogens with one attached hydrogen (secondary N) is 1. The van der Waals surface area contributed by atoms with E-state index in [2.05, 4.69) is 15.5 Å².